The number of carbonyl (C=O) groups is 1. The minimum Gasteiger partial charge on any atom is -0.397 e. The fraction of sp³-hybridized carbons (Fsp3) is 0.364. The van der Waals surface area contributed by atoms with Gasteiger partial charge in [0.1, 0.15) is 0 Å². The summed E-state index contributed by atoms with van der Waals surface area (Å²) in [6, 6.07) is 3.39. The molecule has 1 aromatic carbocycles. The van der Waals surface area contributed by atoms with Crippen LogP contribution < -0.4 is 10.6 Å². The van der Waals surface area contributed by atoms with Gasteiger partial charge in [0.15, 0.2) is 0 Å². The van der Waals surface area contributed by atoms with E-state index in [2.05, 4.69) is 0 Å². The summed E-state index contributed by atoms with van der Waals surface area (Å²) in [5, 5.41) is 0.870. The lowest BCUT2D eigenvalue weighted by Gasteiger charge is -2.23. The number of halogens is 2. The Bertz CT molecular complexity index is 448. The monoisotopic (exact) mass is 258 g/mol. The summed E-state index contributed by atoms with van der Waals surface area (Å²) in [5.41, 5.74) is 6.81. The lowest BCUT2D eigenvalue weighted by atomic mass is 10.2. The zero-order valence-electron chi connectivity index (χ0n) is 8.84. The Labute approximate surface area is 104 Å². The van der Waals surface area contributed by atoms with Crippen molar-refractivity contribution >= 4 is 40.5 Å². The third-order valence-electron chi connectivity index (χ3n) is 2.81. The minimum atomic E-state index is 0.0797. The largest absolute Gasteiger partial charge is 0.397 e. The van der Waals surface area contributed by atoms with E-state index in [-0.39, 0.29) is 11.9 Å². The van der Waals surface area contributed by atoms with Gasteiger partial charge in [0.25, 0.3) is 0 Å². The number of anilines is 2. The van der Waals surface area contributed by atoms with E-state index in [4.69, 9.17) is 28.9 Å². The molecule has 2 rings (SSSR count). The molecule has 86 valence electrons. The van der Waals surface area contributed by atoms with E-state index in [9.17, 15) is 4.79 Å². The van der Waals surface area contributed by atoms with Crippen molar-refractivity contribution < 1.29 is 4.79 Å². The van der Waals surface area contributed by atoms with E-state index < -0.39 is 0 Å². The zero-order valence-corrected chi connectivity index (χ0v) is 10.3. The molecule has 0 bridgehead atoms. The van der Waals surface area contributed by atoms with Crippen LogP contribution in [0.4, 0.5) is 11.4 Å². The van der Waals surface area contributed by atoms with Crippen molar-refractivity contribution in [3.05, 3.63) is 22.2 Å². The number of nitrogen functional groups attached to an aromatic ring is 1. The van der Waals surface area contributed by atoms with Gasteiger partial charge in [-0.1, -0.05) is 23.2 Å². The highest BCUT2D eigenvalue weighted by atomic mass is 35.5. The second-order valence-electron chi connectivity index (χ2n) is 3.98. The zero-order chi connectivity index (χ0) is 11.9. The van der Waals surface area contributed by atoms with Gasteiger partial charge in [-0.05, 0) is 25.5 Å². The average Bonchev–Trinajstić information content (AvgIpc) is 2.53. The third kappa shape index (κ3) is 1.85. The molecule has 1 heterocycles. The third-order valence-corrected chi connectivity index (χ3v) is 3.44. The van der Waals surface area contributed by atoms with Gasteiger partial charge in [0, 0.05) is 12.5 Å². The van der Waals surface area contributed by atoms with Crippen LogP contribution in [-0.2, 0) is 4.79 Å². The molecule has 1 aromatic rings. The van der Waals surface area contributed by atoms with Crippen LogP contribution in [0.2, 0.25) is 10.0 Å². The Morgan fingerprint density at radius 1 is 1.38 bits per heavy atom. The maximum Gasteiger partial charge on any atom is 0.227 e. The molecule has 1 amide bonds. The summed E-state index contributed by atoms with van der Waals surface area (Å²) in [4.78, 5) is 13.4. The minimum absolute atomic E-state index is 0.0797. The van der Waals surface area contributed by atoms with Gasteiger partial charge in [0.05, 0.1) is 21.4 Å². The predicted molar refractivity (Wildman–Crippen MR) is 67.1 cm³/mol. The fourth-order valence-electron chi connectivity index (χ4n) is 1.94. The van der Waals surface area contributed by atoms with E-state index in [1.807, 2.05) is 6.92 Å². The Kier molecular flexibility index (Phi) is 3.00. The van der Waals surface area contributed by atoms with Gasteiger partial charge in [-0.2, -0.15) is 0 Å². The van der Waals surface area contributed by atoms with Crippen molar-refractivity contribution in [3.63, 3.8) is 0 Å². The molecule has 0 spiro atoms. The highest BCUT2D eigenvalue weighted by Gasteiger charge is 2.30. The van der Waals surface area contributed by atoms with Crippen molar-refractivity contribution in [2.75, 3.05) is 10.6 Å². The lowest BCUT2D eigenvalue weighted by molar-refractivity contribution is -0.117. The Hall–Kier alpha value is -0.930. The molecular weight excluding hydrogens is 247 g/mol. The Morgan fingerprint density at radius 2 is 2.06 bits per heavy atom. The first-order valence-corrected chi connectivity index (χ1v) is 5.83. The van der Waals surface area contributed by atoms with Gasteiger partial charge in [-0.25, -0.2) is 0 Å². The second-order valence-corrected chi connectivity index (χ2v) is 4.79. The number of nitrogens with two attached hydrogens (primary N) is 1. The summed E-state index contributed by atoms with van der Waals surface area (Å²) in [6.45, 7) is 1.99. The van der Waals surface area contributed by atoms with Gasteiger partial charge < -0.3 is 10.6 Å². The lowest BCUT2D eigenvalue weighted by Crippen LogP contribution is -2.30. The summed E-state index contributed by atoms with van der Waals surface area (Å²) < 4.78 is 0. The molecular formula is C11H12Cl2N2O. The van der Waals surface area contributed by atoms with E-state index in [0.29, 0.717) is 27.8 Å². The molecule has 1 atom stereocenters. The second kappa shape index (κ2) is 4.15. The first kappa shape index (κ1) is 11.6. The number of carbonyl (C=O) groups excluding carboxylic acids is 1. The molecule has 0 aliphatic carbocycles. The van der Waals surface area contributed by atoms with Crippen LogP contribution in [-0.4, -0.2) is 11.9 Å². The van der Waals surface area contributed by atoms with Crippen LogP contribution in [0.3, 0.4) is 0 Å². The van der Waals surface area contributed by atoms with Crippen LogP contribution in [0, 0.1) is 0 Å². The molecule has 1 aliphatic rings. The van der Waals surface area contributed by atoms with E-state index in [0.717, 1.165) is 6.42 Å². The maximum atomic E-state index is 11.7. The molecule has 0 saturated carbocycles. The molecule has 16 heavy (non-hydrogen) atoms. The van der Waals surface area contributed by atoms with Crippen LogP contribution in [0.15, 0.2) is 12.1 Å². The van der Waals surface area contributed by atoms with E-state index >= 15 is 0 Å². The highest BCUT2D eigenvalue weighted by Crippen LogP contribution is 2.37. The number of benzene rings is 1. The first-order valence-electron chi connectivity index (χ1n) is 5.07. The molecule has 1 saturated heterocycles. The van der Waals surface area contributed by atoms with Crippen LogP contribution in [0.25, 0.3) is 0 Å². The smallest absolute Gasteiger partial charge is 0.227 e. The topological polar surface area (TPSA) is 46.3 Å². The van der Waals surface area contributed by atoms with Crippen LogP contribution in [0.5, 0.6) is 0 Å². The van der Waals surface area contributed by atoms with E-state index in [1.54, 1.807) is 17.0 Å². The average molecular weight is 259 g/mol. The number of hydrogen-bond acceptors (Lipinski definition) is 2. The van der Waals surface area contributed by atoms with Crippen LogP contribution >= 0.6 is 23.2 Å². The van der Waals surface area contributed by atoms with Crippen molar-refractivity contribution in [2.24, 2.45) is 0 Å². The number of amides is 1. The highest BCUT2D eigenvalue weighted by molar-refractivity contribution is 6.38. The number of rotatable bonds is 1. The number of hydrogen-bond donors (Lipinski definition) is 1. The van der Waals surface area contributed by atoms with Crippen LogP contribution in [0.1, 0.15) is 19.8 Å². The molecule has 1 unspecified atom stereocenters. The van der Waals surface area contributed by atoms with Gasteiger partial charge >= 0.3 is 0 Å². The molecule has 5 heteroatoms. The summed E-state index contributed by atoms with van der Waals surface area (Å²) in [6.07, 6.45) is 1.40. The van der Waals surface area contributed by atoms with Gasteiger partial charge in [-0.15, -0.1) is 0 Å². The first-order chi connectivity index (χ1) is 7.50. The molecule has 0 aromatic heterocycles. The SMILES string of the molecule is CC1CCC(=O)N1c1cc(N)c(Cl)cc1Cl. The number of nitrogens with zero attached hydrogens (tertiary/aromatic N) is 1. The molecule has 1 fully saturated rings. The van der Waals surface area contributed by atoms with E-state index in [1.165, 1.54) is 0 Å². The maximum absolute atomic E-state index is 11.7. The van der Waals surface area contributed by atoms with Crippen molar-refractivity contribution in [2.45, 2.75) is 25.8 Å². The Balaban J connectivity index is 2.47. The molecule has 1 aliphatic heterocycles. The van der Waals surface area contributed by atoms with Crippen molar-refractivity contribution in [1.82, 2.24) is 0 Å². The predicted octanol–water partition coefficient (Wildman–Crippen LogP) is 3.09. The summed E-state index contributed by atoms with van der Waals surface area (Å²) in [5.74, 6) is 0.0797. The molecule has 3 nitrogen and oxygen atoms in total. The Morgan fingerprint density at radius 3 is 2.62 bits per heavy atom. The van der Waals surface area contributed by atoms with Crippen molar-refractivity contribution in [3.8, 4) is 0 Å². The standard InChI is InChI=1S/C11H12Cl2N2O/c1-6-2-3-11(16)15(6)10-5-9(14)7(12)4-8(10)13/h4-6H,2-3,14H2,1H3. The normalized spacial score (nSPS) is 20.6. The molecule has 0 radical (unpaired) electrons. The molecule has 2 N–H and O–H groups in total. The summed E-state index contributed by atoms with van der Waals surface area (Å²) in [7, 11) is 0. The fourth-order valence-corrected chi connectivity index (χ4v) is 2.41. The van der Waals surface area contributed by atoms with Gasteiger partial charge in [-0.3, -0.25) is 4.79 Å². The quantitative estimate of drug-likeness (QED) is 0.788. The van der Waals surface area contributed by atoms with Crippen molar-refractivity contribution in [1.29, 1.82) is 0 Å². The van der Waals surface area contributed by atoms with Gasteiger partial charge in [0.2, 0.25) is 5.91 Å². The summed E-state index contributed by atoms with van der Waals surface area (Å²) >= 11 is 11.9.